The lowest BCUT2D eigenvalue weighted by molar-refractivity contribution is -0.116. The van der Waals surface area contributed by atoms with Crippen LogP contribution in [0.3, 0.4) is 0 Å². The molecule has 0 saturated carbocycles. The zero-order chi connectivity index (χ0) is 20.7. The Morgan fingerprint density at radius 1 is 1.07 bits per heavy atom. The van der Waals surface area contributed by atoms with Gasteiger partial charge in [0.15, 0.2) is 17.3 Å². The highest BCUT2D eigenvalue weighted by Crippen LogP contribution is 2.45. The van der Waals surface area contributed by atoms with E-state index in [2.05, 4.69) is 22.1 Å². The molecular weight excluding hydrogens is 396 g/mol. The normalized spacial score (nSPS) is 20.5. The van der Waals surface area contributed by atoms with Crippen molar-refractivity contribution in [2.45, 2.75) is 24.8 Å². The number of nitrogens with one attached hydrogen (secondary N) is 2. The zero-order valence-corrected chi connectivity index (χ0v) is 17.3. The third-order valence-corrected chi connectivity index (χ3v) is 6.83. The van der Waals surface area contributed by atoms with E-state index in [1.54, 1.807) is 23.5 Å². The Balaban J connectivity index is 1.63. The van der Waals surface area contributed by atoms with E-state index < -0.39 is 0 Å². The van der Waals surface area contributed by atoms with Crippen LogP contribution < -0.4 is 15.4 Å². The van der Waals surface area contributed by atoms with Crippen molar-refractivity contribution in [1.82, 2.24) is 0 Å². The van der Waals surface area contributed by atoms with E-state index in [-0.39, 0.29) is 23.5 Å². The molecule has 152 valence electrons. The van der Waals surface area contributed by atoms with Gasteiger partial charge in [-0.25, -0.2) is 0 Å². The second-order valence-electron chi connectivity index (χ2n) is 7.62. The quantitative estimate of drug-likeness (QED) is 0.528. The monoisotopic (exact) mass is 418 g/mol. The maximum Gasteiger partial charge on any atom is 0.163 e. The van der Waals surface area contributed by atoms with Crippen LogP contribution in [-0.4, -0.2) is 18.0 Å². The average molecular weight is 419 g/mol. The minimum atomic E-state index is -0.331. The number of thiophene rings is 1. The van der Waals surface area contributed by atoms with Gasteiger partial charge in [-0.3, -0.25) is 4.79 Å². The molecule has 3 aromatic rings. The Labute approximate surface area is 179 Å². The van der Waals surface area contributed by atoms with E-state index >= 15 is 0 Å². The Bertz CT molecular complexity index is 1140. The number of aromatic hydroxyl groups is 1. The van der Waals surface area contributed by atoms with Crippen molar-refractivity contribution in [2.75, 3.05) is 17.7 Å². The number of ketones is 1. The minimum absolute atomic E-state index is 0.0790. The maximum atomic E-state index is 13.4. The van der Waals surface area contributed by atoms with Crippen molar-refractivity contribution < 1.29 is 14.6 Å². The lowest BCUT2D eigenvalue weighted by Gasteiger charge is -2.29. The second kappa shape index (κ2) is 7.54. The maximum absolute atomic E-state index is 13.4. The van der Waals surface area contributed by atoms with Gasteiger partial charge in [0.05, 0.1) is 24.5 Å². The van der Waals surface area contributed by atoms with Crippen molar-refractivity contribution in [1.29, 1.82) is 0 Å². The van der Waals surface area contributed by atoms with Gasteiger partial charge in [-0.05, 0) is 47.7 Å². The van der Waals surface area contributed by atoms with Crippen LogP contribution in [0.4, 0.5) is 11.4 Å². The van der Waals surface area contributed by atoms with Crippen LogP contribution >= 0.6 is 11.3 Å². The second-order valence-corrected chi connectivity index (χ2v) is 8.59. The number of benzene rings is 2. The van der Waals surface area contributed by atoms with Crippen LogP contribution in [-0.2, 0) is 4.79 Å². The summed E-state index contributed by atoms with van der Waals surface area (Å²) in [4.78, 5) is 14.7. The molecule has 2 aliphatic rings. The molecule has 1 aliphatic carbocycles. The van der Waals surface area contributed by atoms with E-state index in [0.29, 0.717) is 12.2 Å². The van der Waals surface area contributed by atoms with Crippen molar-refractivity contribution in [2.24, 2.45) is 0 Å². The summed E-state index contributed by atoms with van der Waals surface area (Å²) in [5, 5.41) is 19.2. The number of fused-ring (bicyclic) bond motifs is 1. The molecule has 0 spiro atoms. The summed E-state index contributed by atoms with van der Waals surface area (Å²) < 4.78 is 5.31. The molecule has 0 radical (unpaired) electrons. The SMILES string of the molecule is COc1cc(C2Nc3ccccc3NC3=C2C(=O)CC(c2cccs2)C3)ccc1O. The average Bonchev–Trinajstić information content (AvgIpc) is 3.23. The van der Waals surface area contributed by atoms with Crippen molar-refractivity contribution >= 4 is 28.5 Å². The largest absolute Gasteiger partial charge is 0.504 e. The number of Topliss-reactive ketones (excluding diaryl/α,β-unsaturated/α-hetero) is 1. The highest BCUT2D eigenvalue weighted by atomic mass is 32.1. The molecule has 30 heavy (non-hydrogen) atoms. The number of methoxy groups -OCH3 is 1. The minimum Gasteiger partial charge on any atom is -0.504 e. The Hall–Kier alpha value is -3.25. The first kappa shape index (κ1) is 18.8. The fraction of sp³-hybridized carbons (Fsp3) is 0.208. The fourth-order valence-electron chi connectivity index (χ4n) is 4.34. The Morgan fingerprint density at radius 3 is 2.67 bits per heavy atom. The molecule has 2 heterocycles. The molecule has 5 rings (SSSR count). The van der Waals surface area contributed by atoms with Crippen LogP contribution in [0.1, 0.15) is 35.2 Å². The predicted octanol–water partition coefficient (Wildman–Crippen LogP) is 5.44. The van der Waals surface area contributed by atoms with Gasteiger partial charge >= 0.3 is 0 Å². The molecule has 1 aliphatic heterocycles. The first-order valence-electron chi connectivity index (χ1n) is 9.93. The van der Waals surface area contributed by atoms with Gasteiger partial charge in [-0.2, -0.15) is 0 Å². The highest BCUT2D eigenvalue weighted by Gasteiger charge is 2.36. The number of phenolic OH excluding ortho intramolecular Hbond substituents is 1. The van der Waals surface area contributed by atoms with Crippen LogP contribution in [0.2, 0.25) is 0 Å². The molecule has 0 amide bonds. The number of para-hydroxylation sites is 2. The topological polar surface area (TPSA) is 70.6 Å². The summed E-state index contributed by atoms with van der Waals surface area (Å²) in [5.41, 5.74) is 4.48. The summed E-state index contributed by atoms with van der Waals surface area (Å²) in [6, 6.07) is 17.1. The summed E-state index contributed by atoms with van der Waals surface area (Å²) >= 11 is 1.70. The molecule has 0 bridgehead atoms. The number of ether oxygens (including phenoxy) is 1. The molecule has 0 saturated heterocycles. The highest BCUT2D eigenvalue weighted by molar-refractivity contribution is 7.10. The number of anilines is 2. The summed E-state index contributed by atoms with van der Waals surface area (Å²) in [6.45, 7) is 0. The molecule has 2 aromatic carbocycles. The molecule has 2 atom stereocenters. The van der Waals surface area contributed by atoms with E-state index in [9.17, 15) is 9.90 Å². The number of rotatable bonds is 3. The van der Waals surface area contributed by atoms with Crippen LogP contribution in [0.15, 0.2) is 71.2 Å². The first-order valence-corrected chi connectivity index (χ1v) is 10.8. The van der Waals surface area contributed by atoms with E-state index in [0.717, 1.165) is 34.6 Å². The molecule has 2 unspecified atom stereocenters. The third-order valence-electron chi connectivity index (χ3n) is 5.79. The molecule has 5 nitrogen and oxygen atoms in total. The van der Waals surface area contributed by atoms with E-state index in [1.165, 1.54) is 12.0 Å². The summed E-state index contributed by atoms with van der Waals surface area (Å²) in [7, 11) is 1.53. The van der Waals surface area contributed by atoms with Gasteiger partial charge in [0, 0.05) is 28.5 Å². The Morgan fingerprint density at radius 2 is 1.90 bits per heavy atom. The van der Waals surface area contributed by atoms with Gasteiger partial charge in [0.1, 0.15) is 0 Å². The van der Waals surface area contributed by atoms with Crippen LogP contribution in [0.5, 0.6) is 11.5 Å². The molecular formula is C24H22N2O3S. The van der Waals surface area contributed by atoms with Gasteiger partial charge in [-0.15, -0.1) is 11.3 Å². The summed E-state index contributed by atoms with van der Waals surface area (Å²) in [5.74, 6) is 0.792. The van der Waals surface area contributed by atoms with Crippen LogP contribution in [0, 0.1) is 0 Å². The van der Waals surface area contributed by atoms with Crippen molar-refractivity contribution in [3.8, 4) is 11.5 Å². The van der Waals surface area contributed by atoms with Gasteiger partial charge in [0.2, 0.25) is 0 Å². The number of carbonyl (C=O) groups excluding carboxylic acids is 1. The lowest BCUT2D eigenvalue weighted by atomic mass is 9.81. The van der Waals surface area contributed by atoms with E-state index in [1.807, 2.05) is 36.4 Å². The molecule has 3 N–H and O–H groups in total. The Kier molecular flexibility index (Phi) is 4.71. The number of phenols is 1. The van der Waals surface area contributed by atoms with Crippen LogP contribution in [0.25, 0.3) is 0 Å². The number of carbonyl (C=O) groups is 1. The van der Waals surface area contributed by atoms with Crippen molar-refractivity contribution in [3.05, 3.63) is 81.7 Å². The molecule has 6 heteroatoms. The van der Waals surface area contributed by atoms with E-state index in [4.69, 9.17) is 4.74 Å². The zero-order valence-electron chi connectivity index (χ0n) is 16.5. The number of hydrogen-bond donors (Lipinski definition) is 3. The van der Waals surface area contributed by atoms with Gasteiger partial charge < -0.3 is 20.5 Å². The summed E-state index contributed by atoms with van der Waals surface area (Å²) in [6.07, 6.45) is 1.27. The first-order chi connectivity index (χ1) is 14.6. The van der Waals surface area contributed by atoms with Crippen molar-refractivity contribution in [3.63, 3.8) is 0 Å². The standard InChI is InChI=1S/C24H22N2O3S/c1-29-21-13-14(8-9-19(21)27)24-23-18(25-16-5-2-3-6-17(16)26-24)11-15(12-20(23)28)22-7-4-10-30-22/h2-10,13,15,24-27H,11-12H2,1H3. The number of hydrogen-bond acceptors (Lipinski definition) is 6. The number of allylic oxidation sites excluding steroid dienone is 1. The lowest BCUT2D eigenvalue weighted by Crippen LogP contribution is -2.26. The smallest absolute Gasteiger partial charge is 0.163 e. The fourth-order valence-corrected chi connectivity index (χ4v) is 5.17. The molecule has 1 aromatic heterocycles. The molecule has 0 fully saturated rings. The predicted molar refractivity (Wildman–Crippen MR) is 119 cm³/mol. The third kappa shape index (κ3) is 3.23. The van der Waals surface area contributed by atoms with Gasteiger partial charge in [0.25, 0.3) is 0 Å². The van der Waals surface area contributed by atoms with Gasteiger partial charge in [-0.1, -0.05) is 24.3 Å².